The van der Waals surface area contributed by atoms with Gasteiger partial charge in [-0.2, -0.15) is 0 Å². The molecule has 168 valence electrons. The number of anilines is 1. The molecule has 0 saturated carbocycles. The normalized spacial score (nSPS) is 10.9. The van der Waals surface area contributed by atoms with E-state index in [0.29, 0.717) is 28.0 Å². The van der Waals surface area contributed by atoms with E-state index in [2.05, 4.69) is 32.5 Å². The van der Waals surface area contributed by atoms with Gasteiger partial charge in [0, 0.05) is 22.8 Å². The SMILES string of the molecule is CCc1ccc(NC(=O)c2nnn(-c3ccc(F)cc3)c2CSc2nc(C)cc(C)n2)cc1. The zero-order chi connectivity index (χ0) is 23.4. The van der Waals surface area contributed by atoms with Gasteiger partial charge >= 0.3 is 0 Å². The molecule has 9 heteroatoms. The van der Waals surface area contributed by atoms with Gasteiger partial charge in [0.2, 0.25) is 0 Å². The number of nitrogens with zero attached hydrogens (tertiary/aromatic N) is 5. The topological polar surface area (TPSA) is 85.6 Å². The third-order valence-electron chi connectivity index (χ3n) is 4.97. The van der Waals surface area contributed by atoms with E-state index in [1.165, 1.54) is 29.5 Å². The van der Waals surface area contributed by atoms with Crippen molar-refractivity contribution in [1.29, 1.82) is 0 Å². The first kappa shape index (κ1) is 22.6. The molecule has 0 aliphatic carbocycles. The Kier molecular flexibility index (Phi) is 6.79. The van der Waals surface area contributed by atoms with Crippen molar-refractivity contribution in [3.63, 3.8) is 0 Å². The Morgan fingerprint density at radius 2 is 1.70 bits per heavy atom. The maximum atomic E-state index is 13.4. The van der Waals surface area contributed by atoms with E-state index in [0.717, 1.165) is 17.8 Å². The molecule has 0 spiro atoms. The summed E-state index contributed by atoms with van der Waals surface area (Å²) in [4.78, 5) is 22.0. The number of halogens is 1. The molecule has 0 radical (unpaired) electrons. The summed E-state index contributed by atoms with van der Waals surface area (Å²) >= 11 is 1.38. The van der Waals surface area contributed by atoms with E-state index >= 15 is 0 Å². The van der Waals surface area contributed by atoms with E-state index in [4.69, 9.17) is 0 Å². The Morgan fingerprint density at radius 1 is 1.03 bits per heavy atom. The van der Waals surface area contributed by atoms with Gasteiger partial charge in [-0.1, -0.05) is 36.0 Å². The first-order chi connectivity index (χ1) is 15.9. The van der Waals surface area contributed by atoms with Crippen LogP contribution in [-0.2, 0) is 12.2 Å². The Balaban J connectivity index is 1.65. The van der Waals surface area contributed by atoms with Crippen LogP contribution in [0.2, 0.25) is 0 Å². The summed E-state index contributed by atoms with van der Waals surface area (Å²) < 4.78 is 15.0. The van der Waals surface area contributed by atoms with Crippen molar-refractivity contribution in [3.05, 3.63) is 88.8 Å². The smallest absolute Gasteiger partial charge is 0.278 e. The lowest BCUT2D eigenvalue weighted by Gasteiger charge is -2.09. The summed E-state index contributed by atoms with van der Waals surface area (Å²) in [5, 5.41) is 11.8. The summed E-state index contributed by atoms with van der Waals surface area (Å²) in [7, 11) is 0. The van der Waals surface area contributed by atoms with Crippen LogP contribution < -0.4 is 5.32 Å². The molecule has 0 bridgehead atoms. The zero-order valence-electron chi connectivity index (χ0n) is 18.5. The highest BCUT2D eigenvalue weighted by Crippen LogP contribution is 2.24. The van der Waals surface area contributed by atoms with Crippen LogP contribution >= 0.6 is 11.8 Å². The van der Waals surface area contributed by atoms with Gasteiger partial charge in [0.05, 0.1) is 11.4 Å². The average Bonchev–Trinajstić information content (AvgIpc) is 3.22. The van der Waals surface area contributed by atoms with E-state index in [-0.39, 0.29) is 17.4 Å². The van der Waals surface area contributed by atoms with E-state index < -0.39 is 0 Å². The molecule has 0 aliphatic heterocycles. The lowest BCUT2D eigenvalue weighted by atomic mass is 10.1. The van der Waals surface area contributed by atoms with E-state index in [9.17, 15) is 9.18 Å². The quantitative estimate of drug-likeness (QED) is 0.310. The first-order valence-corrected chi connectivity index (χ1v) is 11.5. The van der Waals surface area contributed by atoms with Gasteiger partial charge in [-0.3, -0.25) is 4.79 Å². The van der Waals surface area contributed by atoms with Crippen molar-refractivity contribution in [2.75, 3.05) is 5.32 Å². The molecule has 1 amide bonds. The largest absolute Gasteiger partial charge is 0.321 e. The highest BCUT2D eigenvalue weighted by atomic mass is 32.2. The highest BCUT2D eigenvalue weighted by Gasteiger charge is 2.22. The molecule has 2 aromatic carbocycles. The van der Waals surface area contributed by atoms with E-state index in [1.807, 2.05) is 44.2 Å². The van der Waals surface area contributed by atoms with Gasteiger partial charge in [0.15, 0.2) is 10.9 Å². The number of hydrogen-bond acceptors (Lipinski definition) is 6. The predicted molar refractivity (Wildman–Crippen MR) is 126 cm³/mol. The second-order valence-corrected chi connectivity index (χ2v) is 8.44. The number of nitrogens with one attached hydrogen (secondary N) is 1. The second-order valence-electron chi connectivity index (χ2n) is 7.50. The molecule has 33 heavy (non-hydrogen) atoms. The number of thioether (sulfide) groups is 1. The third kappa shape index (κ3) is 5.43. The molecule has 4 rings (SSSR count). The van der Waals surface area contributed by atoms with Gasteiger partial charge in [-0.05, 0) is 68.3 Å². The molecule has 2 heterocycles. The van der Waals surface area contributed by atoms with Crippen molar-refractivity contribution in [1.82, 2.24) is 25.0 Å². The summed E-state index contributed by atoms with van der Waals surface area (Å²) in [6.45, 7) is 5.89. The molecule has 0 unspecified atom stereocenters. The molecule has 7 nitrogen and oxygen atoms in total. The second kappa shape index (κ2) is 9.91. The van der Waals surface area contributed by atoms with Crippen LogP contribution in [0.1, 0.15) is 40.1 Å². The van der Waals surface area contributed by atoms with Crippen LogP contribution in [0.4, 0.5) is 10.1 Å². The fraction of sp³-hybridized carbons (Fsp3) is 0.208. The van der Waals surface area contributed by atoms with Crippen LogP contribution in [0.15, 0.2) is 59.8 Å². The molecule has 4 aromatic rings. The fourth-order valence-corrected chi connectivity index (χ4v) is 4.24. The first-order valence-electron chi connectivity index (χ1n) is 10.5. The Hall–Kier alpha value is -3.59. The number of hydrogen-bond donors (Lipinski definition) is 1. The molecular weight excluding hydrogens is 439 g/mol. The maximum Gasteiger partial charge on any atom is 0.278 e. The van der Waals surface area contributed by atoms with Crippen LogP contribution in [0.3, 0.4) is 0 Å². The number of aromatic nitrogens is 5. The van der Waals surface area contributed by atoms with Gasteiger partial charge in [-0.25, -0.2) is 19.0 Å². The van der Waals surface area contributed by atoms with Crippen molar-refractivity contribution in [2.45, 2.75) is 38.1 Å². The lowest BCUT2D eigenvalue weighted by Crippen LogP contribution is -2.15. The van der Waals surface area contributed by atoms with Gasteiger partial charge in [-0.15, -0.1) is 5.10 Å². The Morgan fingerprint density at radius 3 is 2.33 bits per heavy atom. The molecule has 2 aromatic heterocycles. The summed E-state index contributed by atoms with van der Waals surface area (Å²) in [6.07, 6.45) is 0.919. The Labute approximate surface area is 195 Å². The molecule has 0 saturated heterocycles. The molecular formula is C24H23FN6OS. The van der Waals surface area contributed by atoms with Crippen LogP contribution in [0.5, 0.6) is 0 Å². The maximum absolute atomic E-state index is 13.4. The molecule has 1 N–H and O–H groups in total. The number of carbonyl (C=O) groups excluding carboxylic acids is 1. The lowest BCUT2D eigenvalue weighted by molar-refractivity contribution is 0.102. The minimum atomic E-state index is -0.371. The van der Waals surface area contributed by atoms with Crippen molar-refractivity contribution in [3.8, 4) is 5.69 Å². The average molecular weight is 463 g/mol. The molecule has 0 fully saturated rings. The van der Waals surface area contributed by atoms with Crippen LogP contribution in [0, 0.1) is 19.7 Å². The minimum Gasteiger partial charge on any atom is -0.321 e. The Bertz CT molecular complexity index is 1250. The zero-order valence-corrected chi connectivity index (χ0v) is 19.4. The summed E-state index contributed by atoms with van der Waals surface area (Å²) in [5.41, 5.74) is 4.94. The third-order valence-corrected chi connectivity index (χ3v) is 5.83. The number of benzene rings is 2. The van der Waals surface area contributed by atoms with E-state index in [1.54, 1.807) is 16.8 Å². The van der Waals surface area contributed by atoms with Gasteiger partial charge < -0.3 is 5.32 Å². The van der Waals surface area contributed by atoms with Gasteiger partial charge in [0.1, 0.15) is 5.82 Å². The summed E-state index contributed by atoms with van der Waals surface area (Å²) in [6, 6.07) is 15.4. The van der Waals surface area contributed by atoms with Crippen molar-refractivity contribution >= 4 is 23.4 Å². The standard InChI is InChI=1S/C24H23FN6OS/c1-4-17-5-9-19(10-6-17)28-23(32)22-21(14-33-24-26-15(2)13-16(3)27-24)31(30-29-22)20-11-7-18(25)8-12-20/h5-13H,4,14H2,1-3H3,(H,28,32). The number of carbonyl (C=O) groups is 1. The van der Waals surface area contributed by atoms with Crippen molar-refractivity contribution < 1.29 is 9.18 Å². The van der Waals surface area contributed by atoms with Crippen LogP contribution in [-0.4, -0.2) is 30.9 Å². The predicted octanol–water partition coefficient (Wildman–Crippen LogP) is 4.92. The fourth-order valence-electron chi connectivity index (χ4n) is 3.30. The minimum absolute atomic E-state index is 0.191. The number of amides is 1. The highest BCUT2D eigenvalue weighted by molar-refractivity contribution is 7.98. The van der Waals surface area contributed by atoms with Crippen LogP contribution in [0.25, 0.3) is 5.69 Å². The number of aryl methyl sites for hydroxylation is 3. The van der Waals surface area contributed by atoms with Crippen molar-refractivity contribution in [2.24, 2.45) is 0 Å². The summed E-state index contributed by atoms with van der Waals surface area (Å²) in [5.74, 6) is -0.374. The molecule has 0 aliphatic rings. The number of rotatable bonds is 7. The molecule has 0 atom stereocenters. The monoisotopic (exact) mass is 462 g/mol. The van der Waals surface area contributed by atoms with Gasteiger partial charge in [0.25, 0.3) is 5.91 Å².